The summed E-state index contributed by atoms with van der Waals surface area (Å²) in [5.41, 5.74) is 4.77. The molecule has 0 N–H and O–H groups in total. The predicted molar refractivity (Wildman–Crippen MR) is 97.8 cm³/mol. The quantitative estimate of drug-likeness (QED) is 0.760. The Bertz CT molecular complexity index is 800. The molecule has 1 aromatic carbocycles. The number of ether oxygens (including phenoxy) is 1. The molecule has 0 spiro atoms. The van der Waals surface area contributed by atoms with Crippen LogP contribution in [0.25, 0.3) is 0 Å². The largest absolute Gasteiger partial charge is 0.495 e. The molecule has 1 aromatic rings. The number of aliphatic imine (C=N–C) groups is 1. The molecule has 0 saturated heterocycles. The van der Waals surface area contributed by atoms with Crippen molar-refractivity contribution in [3.8, 4) is 0 Å². The summed E-state index contributed by atoms with van der Waals surface area (Å²) in [6.07, 6.45) is 10.6. The predicted octanol–water partition coefficient (Wildman–Crippen LogP) is 4.98. The number of carbonyl (C=O) groups is 1. The second-order valence-electron chi connectivity index (χ2n) is 6.09. The van der Waals surface area contributed by atoms with Gasteiger partial charge in [0, 0.05) is 22.7 Å². The van der Waals surface area contributed by atoms with Crippen LogP contribution in [0.2, 0.25) is 5.02 Å². The first-order valence-electron chi connectivity index (χ1n) is 8.06. The Balaban J connectivity index is 1.92. The van der Waals surface area contributed by atoms with Gasteiger partial charge >= 0.3 is 0 Å². The number of carbonyl (C=O) groups excluding carboxylic acids is 1. The maximum atomic E-state index is 12.5. The Morgan fingerprint density at radius 1 is 1.29 bits per heavy atom. The van der Waals surface area contributed by atoms with E-state index in [-0.39, 0.29) is 5.78 Å². The highest BCUT2D eigenvalue weighted by atomic mass is 35.5. The highest BCUT2D eigenvalue weighted by Crippen LogP contribution is 2.32. The van der Waals surface area contributed by atoms with E-state index in [0.29, 0.717) is 17.9 Å². The maximum absolute atomic E-state index is 12.5. The van der Waals surface area contributed by atoms with E-state index in [0.717, 1.165) is 46.6 Å². The first-order valence-corrected chi connectivity index (χ1v) is 8.44. The van der Waals surface area contributed by atoms with Gasteiger partial charge in [0.05, 0.1) is 13.3 Å². The van der Waals surface area contributed by atoms with Crippen molar-refractivity contribution in [2.45, 2.75) is 32.6 Å². The van der Waals surface area contributed by atoms with E-state index in [9.17, 15) is 4.79 Å². The van der Waals surface area contributed by atoms with E-state index in [1.165, 1.54) is 0 Å². The van der Waals surface area contributed by atoms with Crippen molar-refractivity contribution >= 4 is 23.1 Å². The molecule has 0 unspecified atom stereocenters. The summed E-state index contributed by atoms with van der Waals surface area (Å²) in [6.45, 7) is 1.96. The van der Waals surface area contributed by atoms with Crippen molar-refractivity contribution in [3.63, 3.8) is 0 Å². The van der Waals surface area contributed by atoms with Crippen LogP contribution < -0.4 is 0 Å². The molecule has 0 saturated carbocycles. The number of hydrogen-bond acceptors (Lipinski definition) is 3. The summed E-state index contributed by atoms with van der Waals surface area (Å²) in [6, 6.07) is 3.79. The van der Waals surface area contributed by atoms with Crippen LogP contribution in [0.1, 0.15) is 40.7 Å². The standard InChI is InChI=1S/C20H20ClNO2/c1-13-7-8-18(21)17-10-14(11-19(23)20(13)17)9-15-5-3-4-6-16(24-2)12-22-15/h4,6-9,12H,3,5,10-11H2,1-2H3/b6-4-,14-9+,16-12+,22-15+. The average molecular weight is 342 g/mol. The van der Waals surface area contributed by atoms with Crippen LogP contribution in [0.4, 0.5) is 0 Å². The summed E-state index contributed by atoms with van der Waals surface area (Å²) >= 11 is 6.33. The number of ketones is 1. The normalized spacial score (nSPS) is 25.0. The van der Waals surface area contributed by atoms with Gasteiger partial charge in [0.1, 0.15) is 5.76 Å². The van der Waals surface area contributed by atoms with E-state index in [2.05, 4.69) is 11.1 Å². The number of hydrogen-bond donors (Lipinski definition) is 0. The van der Waals surface area contributed by atoms with Gasteiger partial charge < -0.3 is 4.74 Å². The fourth-order valence-electron chi connectivity index (χ4n) is 3.14. The van der Waals surface area contributed by atoms with E-state index in [1.807, 2.05) is 31.2 Å². The molecule has 124 valence electrons. The topological polar surface area (TPSA) is 38.7 Å². The summed E-state index contributed by atoms with van der Waals surface area (Å²) < 4.78 is 5.23. The zero-order valence-electron chi connectivity index (χ0n) is 13.9. The summed E-state index contributed by atoms with van der Waals surface area (Å²) in [4.78, 5) is 17.1. The second-order valence-corrected chi connectivity index (χ2v) is 6.50. The van der Waals surface area contributed by atoms with Crippen LogP contribution >= 0.6 is 11.6 Å². The van der Waals surface area contributed by atoms with E-state index in [4.69, 9.17) is 16.3 Å². The van der Waals surface area contributed by atoms with E-state index >= 15 is 0 Å². The van der Waals surface area contributed by atoms with Gasteiger partial charge in [0.15, 0.2) is 5.78 Å². The third kappa shape index (κ3) is 3.51. The van der Waals surface area contributed by atoms with Gasteiger partial charge in [-0.1, -0.05) is 29.3 Å². The van der Waals surface area contributed by atoms with Crippen LogP contribution in [0.15, 0.2) is 52.9 Å². The zero-order valence-corrected chi connectivity index (χ0v) is 14.7. The summed E-state index contributed by atoms with van der Waals surface area (Å²) in [7, 11) is 1.63. The van der Waals surface area contributed by atoms with E-state index < -0.39 is 0 Å². The number of Topliss-reactive ketones (excluding diaryl/α,β-unsaturated/α-hetero) is 1. The van der Waals surface area contributed by atoms with Gasteiger partial charge in [-0.15, -0.1) is 0 Å². The van der Waals surface area contributed by atoms with Crippen molar-refractivity contribution in [1.82, 2.24) is 0 Å². The van der Waals surface area contributed by atoms with Crippen molar-refractivity contribution in [2.24, 2.45) is 4.99 Å². The summed E-state index contributed by atoms with van der Waals surface area (Å²) in [5.74, 6) is 0.872. The number of aryl methyl sites for hydroxylation is 1. The number of halogens is 1. The molecule has 0 radical (unpaired) electrons. The molecule has 4 heteroatoms. The maximum Gasteiger partial charge on any atom is 0.167 e. The zero-order chi connectivity index (χ0) is 17.1. The third-order valence-electron chi connectivity index (χ3n) is 4.35. The number of nitrogens with zero attached hydrogens (tertiary/aromatic N) is 1. The molecule has 1 aliphatic heterocycles. The average Bonchev–Trinajstić information content (AvgIpc) is 2.54. The number of fused-ring (bicyclic) bond motifs is 1. The Kier molecular flexibility index (Phi) is 5.00. The van der Waals surface area contributed by atoms with Gasteiger partial charge in [-0.3, -0.25) is 9.79 Å². The fraction of sp³-hybridized carbons (Fsp3) is 0.300. The molecule has 24 heavy (non-hydrogen) atoms. The lowest BCUT2D eigenvalue weighted by Crippen LogP contribution is -2.16. The highest BCUT2D eigenvalue weighted by Gasteiger charge is 2.24. The fourth-order valence-corrected chi connectivity index (χ4v) is 3.36. The minimum absolute atomic E-state index is 0.141. The monoisotopic (exact) mass is 341 g/mol. The van der Waals surface area contributed by atoms with Crippen molar-refractivity contribution in [3.05, 3.63) is 69.6 Å². The van der Waals surface area contributed by atoms with E-state index in [1.54, 1.807) is 13.3 Å². The van der Waals surface area contributed by atoms with Crippen LogP contribution in [-0.2, 0) is 11.2 Å². The molecule has 1 aliphatic carbocycles. The summed E-state index contributed by atoms with van der Waals surface area (Å²) in [5, 5.41) is 0.665. The molecule has 0 bridgehead atoms. The molecule has 0 atom stereocenters. The third-order valence-corrected chi connectivity index (χ3v) is 4.70. The minimum atomic E-state index is 0.141. The van der Waals surface area contributed by atoms with Gasteiger partial charge in [0.2, 0.25) is 0 Å². The number of benzene rings is 1. The highest BCUT2D eigenvalue weighted by molar-refractivity contribution is 6.32. The Labute approximate surface area is 147 Å². The molecular formula is C20H20ClNO2. The van der Waals surface area contributed by atoms with Crippen molar-refractivity contribution in [2.75, 3.05) is 7.11 Å². The molecule has 3 rings (SSSR count). The first-order chi connectivity index (χ1) is 11.6. The smallest absolute Gasteiger partial charge is 0.167 e. The van der Waals surface area contributed by atoms with Gasteiger partial charge in [-0.05, 0) is 55.5 Å². The Hall–Kier alpha value is -2.13. The molecule has 1 heterocycles. The van der Waals surface area contributed by atoms with Crippen molar-refractivity contribution in [1.29, 1.82) is 0 Å². The molecular weight excluding hydrogens is 322 g/mol. The molecule has 3 nitrogen and oxygen atoms in total. The number of methoxy groups -OCH3 is 1. The number of allylic oxidation sites excluding steroid dienone is 4. The Morgan fingerprint density at radius 3 is 2.92 bits per heavy atom. The lowest BCUT2D eigenvalue weighted by Gasteiger charge is -2.21. The second kappa shape index (κ2) is 7.18. The molecule has 0 amide bonds. The minimum Gasteiger partial charge on any atom is -0.495 e. The van der Waals surface area contributed by atoms with Crippen LogP contribution in [0.5, 0.6) is 0 Å². The van der Waals surface area contributed by atoms with Crippen molar-refractivity contribution < 1.29 is 9.53 Å². The molecule has 2 aliphatic rings. The molecule has 0 aromatic heterocycles. The lowest BCUT2D eigenvalue weighted by atomic mass is 9.84. The Morgan fingerprint density at radius 2 is 2.12 bits per heavy atom. The molecule has 0 fully saturated rings. The first kappa shape index (κ1) is 16.7. The lowest BCUT2D eigenvalue weighted by molar-refractivity contribution is 0.0987. The SMILES string of the molecule is COC1=C/N=C(/C=C2/CC(=O)c3c(C)ccc(Cl)c3C2)CC/C=C\1. The van der Waals surface area contributed by atoms with Crippen LogP contribution in [-0.4, -0.2) is 18.6 Å². The van der Waals surface area contributed by atoms with Gasteiger partial charge in [0.25, 0.3) is 0 Å². The van der Waals surface area contributed by atoms with Crippen LogP contribution in [0, 0.1) is 6.92 Å². The van der Waals surface area contributed by atoms with Gasteiger partial charge in [-0.25, -0.2) is 0 Å². The van der Waals surface area contributed by atoms with Crippen LogP contribution in [0.3, 0.4) is 0 Å². The number of rotatable bonds is 2. The van der Waals surface area contributed by atoms with Gasteiger partial charge in [-0.2, -0.15) is 0 Å².